The molecule has 1 amide bonds. The first-order valence-electron chi connectivity index (χ1n) is 6.68. The van der Waals surface area contributed by atoms with Crippen molar-refractivity contribution in [1.82, 2.24) is 9.88 Å². The van der Waals surface area contributed by atoms with Crippen molar-refractivity contribution >= 4 is 5.91 Å². The maximum atomic E-state index is 12.3. The van der Waals surface area contributed by atoms with Crippen molar-refractivity contribution in [3.8, 4) is 0 Å². The Morgan fingerprint density at radius 2 is 1.95 bits per heavy atom. The number of nitrogens with zero attached hydrogens (tertiary/aromatic N) is 2. The molecule has 0 saturated carbocycles. The number of pyridine rings is 1. The van der Waals surface area contributed by atoms with Gasteiger partial charge in [0.05, 0.1) is 18.8 Å². The fourth-order valence-corrected chi connectivity index (χ4v) is 2.61. The molecule has 3 heterocycles. The highest BCUT2D eigenvalue weighted by Crippen LogP contribution is 2.31. The fourth-order valence-electron chi connectivity index (χ4n) is 2.61. The van der Waals surface area contributed by atoms with Crippen LogP contribution in [0.3, 0.4) is 0 Å². The number of hydrogen-bond acceptors (Lipinski definition) is 4. The van der Waals surface area contributed by atoms with Crippen LogP contribution in [-0.2, 0) is 9.47 Å². The summed E-state index contributed by atoms with van der Waals surface area (Å²) in [6.07, 6.45) is 3.14. The number of piperidine rings is 1. The molecule has 0 bridgehead atoms. The van der Waals surface area contributed by atoms with Crippen molar-refractivity contribution in [2.24, 2.45) is 0 Å². The largest absolute Gasteiger partial charge is 0.347 e. The molecule has 3 rings (SSSR count). The van der Waals surface area contributed by atoms with Gasteiger partial charge in [0.2, 0.25) is 0 Å². The third kappa shape index (κ3) is 2.48. The van der Waals surface area contributed by atoms with Gasteiger partial charge < -0.3 is 14.4 Å². The molecule has 0 aromatic carbocycles. The van der Waals surface area contributed by atoms with Crippen molar-refractivity contribution in [3.63, 3.8) is 0 Å². The summed E-state index contributed by atoms with van der Waals surface area (Å²) in [6, 6.07) is 3.69. The van der Waals surface area contributed by atoms with E-state index in [-0.39, 0.29) is 5.91 Å². The maximum Gasteiger partial charge on any atom is 0.255 e. The Morgan fingerprint density at radius 3 is 2.53 bits per heavy atom. The molecule has 19 heavy (non-hydrogen) atoms. The summed E-state index contributed by atoms with van der Waals surface area (Å²) in [5.74, 6) is -0.386. The molecular weight excluding hydrogens is 244 g/mol. The number of likely N-dealkylation sites (tertiary alicyclic amines) is 1. The molecule has 5 heteroatoms. The minimum absolute atomic E-state index is 0.0420. The monoisotopic (exact) mass is 262 g/mol. The predicted octanol–water partition coefficient (Wildman–Crippen LogP) is 1.37. The minimum Gasteiger partial charge on any atom is -0.347 e. The van der Waals surface area contributed by atoms with E-state index in [9.17, 15) is 4.79 Å². The SMILES string of the molecule is Cc1ccc(C(=O)N2CCC3(CC2)OCCO3)cn1. The van der Waals surface area contributed by atoms with E-state index in [0.717, 1.165) is 18.5 Å². The van der Waals surface area contributed by atoms with Crippen LogP contribution in [0, 0.1) is 6.92 Å². The number of carbonyl (C=O) groups excluding carboxylic acids is 1. The first kappa shape index (κ1) is 12.6. The number of ether oxygens (including phenoxy) is 2. The zero-order valence-corrected chi connectivity index (χ0v) is 11.1. The van der Waals surface area contributed by atoms with E-state index in [2.05, 4.69) is 4.98 Å². The van der Waals surface area contributed by atoms with Crippen molar-refractivity contribution in [1.29, 1.82) is 0 Å². The van der Waals surface area contributed by atoms with Crippen LogP contribution < -0.4 is 0 Å². The average molecular weight is 262 g/mol. The summed E-state index contributed by atoms with van der Waals surface area (Å²) in [7, 11) is 0. The van der Waals surface area contributed by atoms with Gasteiger partial charge in [-0.05, 0) is 19.1 Å². The van der Waals surface area contributed by atoms with Gasteiger partial charge in [0.1, 0.15) is 0 Å². The molecular formula is C14H18N2O3. The smallest absolute Gasteiger partial charge is 0.255 e. The van der Waals surface area contributed by atoms with Crippen LogP contribution in [0.15, 0.2) is 18.3 Å². The molecule has 1 aromatic rings. The van der Waals surface area contributed by atoms with Gasteiger partial charge in [-0.15, -0.1) is 0 Å². The maximum absolute atomic E-state index is 12.3. The lowest BCUT2D eigenvalue weighted by Gasteiger charge is -2.37. The highest BCUT2D eigenvalue weighted by Gasteiger charge is 2.40. The summed E-state index contributed by atoms with van der Waals surface area (Å²) in [5, 5.41) is 0. The number of carbonyl (C=O) groups is 1. The zero-order chi connectivity index (χ0) is 13.3. The first-order valence-corrected chi connectivity index (χ1v) is 6.68. The molecule has 1 spiro atoms. The Morgan fingerprint density at radius 1 is 1.26 bits per heavy atom. The second kappa shape index (κ2) is 4.90. The van der Waals surface area contributed by atoms with Crippen LogP contribution in [0.2, 0.25) is 0 Å². The second-order valence-electron chi connectivity index (χ2n) is 5.09. The molecule has 1 aromatic heterocycles. The third-order valence-electron chi connectivity index (χ3n) is 3.78. The second-order valence-corrected chi connectivity index (χ2v) is 5.09. The summed E-state index contributed by atoms with van der Waals surface area (Å²) >= 11 is 0. The molecule has 0 aliphatic carbocycles. The normalized spacial score (nSPS) is 21.8. The average Bonchev–Trinajstić information content (AvgIpc) is 2.88. The highest BCUT2D eigenvalue weighted by atomic mass is 16.7. The van der Waals surface area contributed by atoms with E-state index in [1.165, 1.54) is 0 Å². The topological polar surface area (TPSA) is 51.7 Å². The van der Waals surface area contributed by atoms with Gasteiger partial charge in [-0.25, -0.2) is 0 Å². The van der Waals surface area contributed by atoms with Gasteiger partial charge in [0.15, 0.2) is 5.79 Å². The number of aromatic nitrogens is 1. The Labute approximate surface area is 112 Å². The minimum atomic E-state index is -0.428. The van der Waals surface area contributed by atoms with Crippen LogP contribution in [0.25, 0.3) is 0 Å². The van der Waals surface area contributed by atoms with Crippen LogP contribution >= 0.6 is 0 Å². The first-order chi connectivity index (χ1) is 9.19. The standard InChI is InChI=1S/C14H18N2O3/c1-11-2-3-12(10-15-11)13(17)16-6-4-14(5-7-16)18-8-9-19-14/h2-3,10H,4-9H2,1H3. The quantitative estimate of drug-likeness (QED) is 0.767. The van der Waals surface area contributed by atoms with Gasteiger partial charge in [-0.1, -0.05) is 0 Å². The number of aryl methyl sites for hydroxylation is 1. The van der Waals surface area contributed by atoms with Crippen LogP contribution in [-0.4, -0.2) is 47.9 Å². The van der Waals surface area contributed by atoms with Crippen LogP contribution in [0.4, 0.5) is 0 Å². The molecule has 2 aliphatic rings. The molecule has 0 N–H and O–H groups in total. The van der Waals surface area contributed by atoms with Gasteiger partial charge in [0.25, 0.3) is 5.91 Å². The van der Waals surface area contributed by atoms with Gasteiger partial charge in [-0.2, -0.15) is 0 Å². The molecule has 5 nitrogen and oxygen atoms in total. The lowest BCUT2D eigenvalue weighted by atomic mass is 10.0. The van der Waals surface area contributed by atoms with Crippen molar-refractivity contribution < 1.29 is 14.3 Å². The number of rotatable bonds is 1. The van der Waals surface area contributed by atoms with Gasteiger partial charge in [0, 0.05) is 37.8 Å². The Bertz CT molecular complexity index is 456. The Hall–Kier alpha value is -1.46. The van der Waals surface area contributed by atoms with Crippen molar-refractivity contribution in [3.05, 3.63) is 29.6 Å². The van der Waals surface area contributed by atoms with Gasteiger partial charge in [-0.3, -0.25) is 9.78 Å². The van der Waals surface area contributed by atoms with Gasteiger partial charge >= 0.3 is 0 Å². The molecule has 102 valence electrons. The lowest BCUT2D eigenvalue weighted by Crippen LogP contribution is -2.47. The fraction of sp³-hybridized carbons (Fsp3) is 0.571. The van der Waals surface area contributed by atoms with E-state index >= 15 is 0 Å². The van der Waals surface area contributed by atoms with E-state index in [1.807, 2.05) is 24.0 Å². The van der Waals surface area contributed by atoms with E-state index in [1.54, 1.807) is 6.20 Å². The van der Waals surface area contributed by atoms with E-state index < -0.39 is 5.79 Å². The Balaban J connectivity index is 1.64. The molecule has 2 saturated heterocycles. The summed E-state index contributed by atoms with van der Waals surface area (Å²) < 4.78 is 11.3. The summed E-state index contributed by atoms with van der Waals surface area (Å²) in [6.45, 7) is 4.58. The molecule has 2 aliphatic heterocycles. The Kier molecular flexibility index (Phi) is 3.24. The van der Waals surface area contributed by atoms with E-state index in [0.29, 0.717) is 31.9 Å². The van der Waals surface area contributed by atoms with E-state index in [4.69, 9.17) is 9.47 Å². The molecule has 0 radical (unpaired) electrons. The third-order valence-corrected chi connectivity index (χ3v) is 3.78. The number of amides is 1. The zero-order valence-electron chi connectivity index (χ0n) is 11.1. The van der Waals surface area contributed by atoms with Crippen LogP contribution in [0.5, 0.6) is 0 Å². The summed E-state index contributed by atoms with van der Waals surface area (Å²) in [5.41, 5.74) is 1.57. The molecule has 2 fully saturated rings. The predicted molar refractivity (Wildman–Crippen MR) is 68.7 cm³/mol. The summed E-state index contributed by atoms with van der Waals surface area (Å²) in [4.78, 5) is 18.3. The highest BCUT2D eigenvalue weighted by molar-refractivity contribution is 5.94. The van der Waals surface area contributed by atoms with Crippen molar-refractivity contribution in [2.75, 3.05) is 26.3 Å². The number of hydrogen-bond donors (Lipinski definition) is 0. The van der Waals surface area contributed by atoms with Crippen LogP contribution in [0.1, 0.15) is 28.9 Å². The van der Waals surface area contributed by atoms with Crippen molar-refractivity contribution in [2.45, 2.75) is 25.6 Å². The molecule has 0 unspecified atom stereocenters. The lowest BCUT2D eigenvalue weighted by molar-refractivity contribution is -0.181. The molecule has 0 atom stereocenters.